The number of hydrogen-bond donors (Lipinski definition) is 1. The molecule has 0 saturated heterocycles. The lowest BCUT2D eigenvalue weighted by atomic mass is 10.1. The van der Waals surface area contributed by atoms with Crippen LogP contribution in [0.2, 0.25) is 10.0 Å². The third-order valence-corrected chi connectivity index (χ3v) is 6.91. The van der Waals surface area contributed by atoms with Crippen molar-refractivity contribution in [1.82, 2.24) is 10.2 Å². The molecule has 2 amide bonds. The number of hydrogen-bond acceptors (Lipinski definition) is 4. The van der Waals surface area contributed by atoms with Crippen molar-refractivity contribution in [2.45, 2.75) is 52.7 Å². The van der Waals surface area contributed by atoms with Crippen molar-refractivity contribution in [3.05, 3.63) is 63.6 Å². The van der Waals surface area contributed by atoms with Gasteiger partial charge < -0.3 is 10.2 Å². The van der Waals surface area contributed by atoms with Gasteiger partial charge in [0.1, 0.15) is 12.6 Å². The molecule has 7 nitrogen and oxygen atoms in total. The third kappa shape index (κ3) is 7.61. The Labute approximate surface area is 212 Å². The van der Waals surface area contributed by atoms with E-state index in [0.717, 1.165) is 16.1 Å². The predicted molar refractivity (Wildman–Crippen MR) is 138 cm³/mol. The monoisotopic (exact) mass is 527 g/mol. The van der Waals surface area contributed by atoms with E-state index in [1.165, 1.54) is 4.90 Å². The Morgan fingerprint density at radius 1 is 1.03 bits per heavy atom. The molecule has 0 aliphatic carbocycles. The molecule has 2 aromatic rings. The lowest BCUT2D eigenvalue weighted by Crippen LogP contribution is -2.54. The van der Waals surface area contributed by atoms with E-state index < -0.39 is 34.1 Å². The van der Waals surface area contributed by atoms with Crippen LogP contribution in [0.3, 0.4) is 0 Å². The lowest BCUT2D eigenvalue weighted by Gasteiger charge is -2.33. The minimum Gasteiger partial charge on any atom is -0.350 e. The number of sulfonamides is 1. The highest BCUT2D eigenvalue weighted by atomic mass is 35.5. The molecule has 10 heteroatoms. The van der Waals surface area contributed by atoms with Crippen molar-refractivity contribution in [3.63, 3.8) is 0 Å². The van der Waals surface area contributed by atoms with Crippen molar-refractivity contribution in [2.24, 2.45) is 0 Å². The van der Waals surface area contributed by atoms with Crippen LogP contribution in [0.15, 0.2) is 42.5 Å². The molecule has 186 valence electrons. The van der Waals surface area contributed by atoms with Crippen LogP contribution >= 0.6 is 23.2 Å². The van der Waals surface area contributed by atoms with Crippen LogP contribution in [-0.2, 0) is 26.2 Å². The van der Waals surface area contributed by atoms with Crippen LogP contribution in [-0.4, -0.2) is 49.5 Å². The zero-order valence-electron chi connectivity index (χ0n) is 20.2. The fraction of sp³-hybridized carbons (Fsp3) is 0.417. The first-order chi connectivity index (χ1) is 15.6. The number of anilines is 1. The second kappa shape index (κ2) is 11.0. The largest absolute Gasteiger partial charge is 0.350 e. The molecule has 0 saturated carbocycles. The zero-order valence-corrected chi connectivity index (χ0v) is 22.6. The Balaban J connectivity index is 2.46. The van der Waals surface area contributed by atoms with E-state index >= 15 is 0 Å². The summed E-state index contributed by atoms with van der Waals surface area (Å²) in [6.07, 6.45) is 1.03. The fourth-order valence-corrected chi connectivity index (χ4v) is 4.60. The Hall–Kier alpha value is -2.29. The average Bonchev–Trinajstić information content (AvgIpc) is 2.70. The predicted octanol–water partition coefficient (Wildman–Crippen LogP) is 4.40. The number of benzene rings is 2. The maximum Gasteiger partial charge on any atom is 0.244 e. The minimum absolute atomic E-state index is 0.0679. The van der Waals surface area contributed by atoms with Crippen LogP contribution in [0.25, 0.3) is 0 Å². The molecule has 0 spiro atoms. The molecule has 1 atom stereocenters. The minimum atomic E-state index is -3.79. The molecule has 0 unspecified atom stereocenters. The van der Waals surface area contributed by atoms with Gasteiger partial charge in [-0.3, -0.25) is 13.9 Å². The third-order valence-electron chi connectivity index (χ3n) is 5.06. The summed E-state index contributed by atoms with van der Waals surface area (Å²) < 4.78 is 26.2. The number of carbonyl (C=O) groups is 2. The normalized spacial score (nSPS) is 12.7. The molecule has 1 N–H and O–H groups in total. The highest BCUT2D eigenvalue weighted by Gasteiger charge is 2.32. The summed E-state index contributed by atoms with van der Waals surface area (Å²) in [5.74, 6) is -0.955. The second-order valence-electron chi connectivity index (χ2n) is 9.24. The molecule has 34 heavy (non-hydrogen) atoms. The van der Waals surface area contributed by atoms with E-state index in [2.05, 4.69) is 5.32 Å². The summed E-state index contributed by atoms with van der Waals surface area (Å²) >= 11 is 12.7. The van der Waals surface area contributed by atoms with Gasteiger partial charge in [-0.15, -0.1) is 0 Å². The standard InChI is InChI=1S/C24H31Cl2N3O4S/c1-16-10-12-18(13-11-16)29(34(6,32)33)15-22(30)28(17(2)23(31)27-24(3,4)5)14-19-20(25)8-7-9-21(19)26/h7-13,17H,14-15H2,1-6H3,(H,27,31)/t17-/m0/s1. The number of rotatable bonds is 8. The Kier molecular flexibility index (Phi) is 9.02. The van der Waals surface area contributed by atoms with Crippen LogP contribution in [0.5, 0.6) is 0 Å². The zero-order chi connectivity index (χ0) is 25.8. The maximum atomic E-state index is 13.5. The van der Waals surface area contributed by atoms with Gasteiger partial charge in [0.2, 0.25) is 21.8 Å². The summed E-state index contributed by atoms with van der Waals surface area (Å²) in [7, 11) is -3.79. The molecular weight excluding hydrogens is 497 g/mol. The molecule has 2 aromatic carbocycles. The SMILES string of the molecule is Cc1ccc(N(CC(=O)N(Cc2c(Cl)cccc2Cl)[C@@H](C)C(=O)NC(C)(C)C)S(C)(=O)=O)cc1. The highest BCUT2D eigenvalue weighted by Crippen LogP contribution is 2.27. The fourth-order valence-electron chi connectivity index (χ4n) is 3.24. The highest BCUT2D eigenvalue weighted by molar-refractivity contribution is 7.92. The molecule has 0 aliphatic heterocycles. The van der Waals surface area contributed by atoms with Gasteiger partial charge in [-0.05, 0) is 58.9 Å². The van der Waals surface area contributed by atoms with Crippen LogP contribution < -0.4 is 9.62 Å². The van der Waals surface area contributed by atoms with E-state index in [1.807, 2.05) is 27.7 Å². The lowest BCUT2D eigenvalue weighted by molar-refractivity contribution is -0.140. The second-order valence-corrected chi connectivity index (χ2v) is 12.0. The van der Waals surface area contributed by atoms with Gasteiger partial charge >= 0.3 is 0 Å². The van der Waals surface area contributed by atoms with Crippen LogP contribution in [0, 0.1) is 6.92 Å². The molecule has 0 fully saturated rings. The number of carbonyl (C=O) groups excluding carboxylic acids is 2. The number of nitrogens with one attached hydrogen (secondary N) is 1. The molecular formula is C24H31Cl2N3O4S. The number of amides is 2. The summed E-state index contributed by atoms with van der Waals surface area (Å²) in [6.45, 7) is 8.40. The van der Waals surface area contributed by atoms with Gasteiger partial charge in [0.05, 0.1) is 11.9 Å². The van der Waals surface area contributed by atoms with E-state index in [-0.39, 0.29) is 12.5 Å². The Morgan fingerprint density at radius 3 is 2.03 bits per heavy atom. The Morgan fingerprint density at radius 2 is 1.56 bits per heavy atom. The molecule has 2 rings (SSSR count). The van der Waals surface area contributed by atoms with Crippen LogP contribution in [0.1, 0.15) is 38.8 Å². The number of nitrogens with zero attached hydrogens (tertiary/aromatic N) is 2. The van der Waals surface area contributed by atoms with Gasteiger partial charge in [0.25, 0.3) is 0 Å². The van der Waals surface area contributed by atoms with Gasteiger partial charge in [-0.2, -0.15) is 0 Å². The molecule has 0 aliphatic rings. The van der Waals surface area contributed by atoms with Crippen molar-refractivity contribution in [3.8, 4) is 0 Å². The van der Waals surface area contributed by atoms with Crippen molar-refractivity contribution in [2.75, 3.05) is 17.1 Å². The van der Waals surface area contributed by atoms with E-state index in [1.54, 1.807) is 49.4 Å². The summed E-state index contributed by atoms with van der Waals surface area (Å²) in [6, 6.07) is 10.8. The van der Waals surface area contributed by atoms with Gasteiger partial charge in [-0.1, -0.05) is 47.0 Å². The van der Waals surface area contributed by atoms with E-state index in [0.29, 0.717) is 21.3 Å². The van der Waals surface area contributed by atoms with Crippen molar-refractivity contribution >= 4 is 50.7 Å². The first-order valence-electron chi connectivity index (χ1n) is 10.7. The first-order valence-corrected chi connectivity index (χ1v) is 13.3. The summed E-state index contributed by atoms with van der Waals surface area (Å²) in [4.78, 5) is 27.8. The smallest absolute Gasteiger partial charge is 0.244 e. The first kappa shape index (κ1) is 28.0. The number of aryl methyl sites for hydroxylation is 1. The average molecular weight is 529 g/mol. The Bertz CT molecular complexity index is 1130. The maximum absolute atomic E-state index is 13.5. The topological polar surface area (TPSA) is 86.8 Å². The molecule has 0 bridgehead atoms. The van der Waals surface area contributed by atoms with Crippen LogP contribution in [0.4, 0.5) is 5.69 Å². The molecule has 0 heterocycles. The van der Waals surface area contributed by atoms with E-state index in [4.69, 9.17) is 23.2 Å². The molecule has 0 aromatic heterocycles. The van der Waals surface area contributed by atoms with Crippen molar-refractivity contribution < 1.29 is 18.0 Å². The van der Waals surface area contributed by atoms with Crippen molar-refractivity contribution in [1.29, 1.82) is 0 Å². The van der Waals surface area contributed by atoms with E-state index in [9.17, 15) is 18.0 Å². The van der Waals surface area contributed by atoms with Gasteiger partial charge in [0.15, 0.2) is 0 Å². The summed E-state index contributed by atoms with van der Waals surface area (Å²) in [5, 5.41) is 3.54. The summed E-state index contributed by atoms with van der Waals surface area (Å²) in [5.41, 5.74) is 1.24. The quantitative estimate of drug-likeness (QED) is 0.551. The van der Waals surface area contributed by atoms with Gasteiger partial charge in [0, 0.05) is 27.7 Å². The molecule has 0 radical (unpaired) electrons. The number of halogens is 2. The van der Waals surface area contributed by atoms with Gasteiger partial charge in [-0.25, -0.2) is 8.42 Å².